The van der Waals surface area contributed by atoms with E-state index in [2.05, 4.69) is 16.0 Å². The van der Waals surface area contributed by atoms with Crippen molar-refractivity contribution < 1.29 is 23.3 Å². The molecule has 2 heterocycles. The van der Waals surface area contributed by atoms with E-state index in [4.69, 9.17) is 21.1 Å². The maximum atomic E-state index is 12.5. The van der Waals surface area contributed by atoms with Crippen LogP contribution in [0.1, 0.15) is 26.7 Å². The fourth-order valence-electron chi connectivity index (χ4n) is 3.19. The molecule has 0 atom stereocenters. The van der Waals surface area contributed by atoms with Gasteiger partial charge in [0.1, 0.15) is 5.76 Å². The molecule has 2 aromatic carbocycles. The zero-order valence-corrected chi connectivity index (χ0v) is 19.0. The van der Waals surface area contributed by atoms with Crippen molar-refractivity contribution in [3.63, 3.8) is 0 Å². The zero-order valence-electron chi connectivity index (χ0n) is 18.2. The minimum atomic E-state index is -0.585. The third-order valence-electron chi connectivity index (χ3n) is 4.88. The van der Waals surface area contributed by atoms with Gasteiger partial charge in [-0.05, 0) is 67.2 Å². The number of amides is 2. The molecule has 0 aliphatic carbocycles. The van der Waals surface area contributed by atoms with Crippen LogP contribution >= 0.6 is 12.2 Å². The Kier molecular flexibility index (Phi) is 6.69. The van der Waals surface area contributed by atoms with Crippen LogP contribution in [0, 0.1) is 17.0 Å². The molecule has 0 saturated carbocycles. The van der Waals surface area contributed by atoms with Gasteiger partial charge in [-0.15, -0.1) is 0 Å². The fraction of sp³-hybridized carbons (Fsp3) is 0.0417. The lowest BCUT2D eigenvalue weighted by molar-refractivity contribution is -0.384. The van der Waals surface area contributed by atoms with Crippen LogP contribution in [0.25, 0.3) is 11.3 Å². The van der Waals surface area contributed by atoms with Crippen molar-refractivity contribution in [2.75, 3.05) is 10.6 Å². The van der Waals surface area contributed by atoms with E-state index < -0.39 is 10.8 Å². The van der Waals surface area contributed by atoms with Crippen LogP contribution in [-0.4, -0.2) is 21.9 Å². The van der Waals surface area contributed by atoms with Crippen molar-refractivity contribution >= 4 is 46.2 Å². The summed E-state index contributed by atoms with van der Waals surface area (Å²) < 4.78 is 10.6. The van der Waals surface area contributed by atoms with Gasteiger partial charge in [0.05, 0.1) is 11.2 Å². The minimum absolute atomic E-state index is 0.0113. The molecule has 11 heteroatoms. The highest BCUT2D eigenvalue weighted by Crippen LogP contribution is 2.26. The Hall–Kier alpha value is -4.77. The molecule has 0 aliphatic heterocycles. The molecule has 4 rings (SSSR count). The first kappa shape index (κ1) is 23.4. The highest BCUT2D eigenvalue weighted by molar-refractivity contribution is 7.80. The molecule has 2 aromatic heterocycles. The van der Waals surface area contributed by atoms with Gasteiger partial charge in [0.25, 0.3) is 17.5 Å². The molecule has 3 N–H and O–H groups in total. The normalized spacial score (nSPS) is 10.4. The summed E-state index contributed by atoms with van der Waals surface area (Å²) in [5, 5.41) is 19.2. The molecule has 0 bridgehead atoms. The number of anilines is 2. The average molecular weight is 490 g/mol. The molecule has 0 aliphatic rings. The van der Waals surface area contributed by atoms with E-state index in [1.807, 2.05) is 6.92 Å². The first-order valence-electron chi connectivity index (χ1n) is 10.2. The first-order valence-corrected chi connectivity index (χ1v) is 10.6. The summed E-state index contributed by atoms with van der Waals surface area (Å²) in [6, 6.07) is 17.2. The van der Waals surface area contributed by atoms with Gasteiger partial charge in [-0.25, -0.2) is 0 Å². The van der Waals surface area contributed by atoms with E-state index in [1.54, 1.807) is 42.5 Å². The Balaban J connectivity index is 1.37. The number of furan rings is 2. The smallest absolute Gasteiger partial charge is 0.293 e. The standard InChI is InChI=1S/C24H18N4O6S/c1-14-12-16(7-8-18(14)26-22(29)20-6-3-11-33-20)25-24(35)27-23(30)21-10-9-19(34-21)15-4-2-5-17(13-15)28(31)32/h2-13H,1H3,(H,26,29)(H2,25,27,30,35). The van der Waals surface area contributed by atoms with Gasteiger partial charge in [-0.1, -0.05) is 12.1 Å². The first-order chi connectivity index (χ1) is 16.8. The molecule has 2 amide bonds. The van der Waals surface area contributed by atoms with Gasteiger partial charge in [-0.3, -0.25) is 25.0 Å². The molecule has 0 unspecified atom stereocenters. The molecule has 35 heavy (non-hydrogen) atoms. The average Bonchev–Trinajstić information content (AvgIpc) is 3.53. The van der Waals surface area contributed by atoms with Gasteiger partial charge in [-0.2, -0.15) is 0 Å². The maximum absolute atomic E-state index is 12.5. The Bertz CT molecular complexity index is 1430. The number of nitrogens with one attached hydrogen (secondary N) is 3. The van der Waals surface area contributed by atoms with E-state index in [9.17, 15) is 19.7 Å². The molecule has 0 radical (unpaired) electrons. The second kappa shape index (κ2) is 10.0. The molecule has 0 spiro atoms. The number of nitrogens with zero attached hydrogens (tertiary/aromatic N) is 1. The second-order valence-corrected chi connectivity index (χ2v) is 7.75. The van der Waals surface area contributed by atoms with E-state index in [-0.39, 0.29) is 28.2 Å². The third kappa shape index (κ3) is 5.60. The number of aryl methyl sites for hydroxylation is 1. The van der Waals surface area contributed by atoms with Crippen LogP contribution in [0.5, 0.6) is 0 Å². The van der Waals surface area contributed by atoms with Crippen molar-refractivity contribution in [3.05, 3.63) is 100 Å². The quantitative estimate of drug-likeness (QED) is 0.192. The van der Waals surface area contributed by atoms with Crippen LogP contribution in [0.2, 0.25) is 0 Å². The maximum Gasteiger partial charge on any atom is 0.293 e. The lowest BCUT2D eigenvalue weighted by Gasteiger charge is -2.12. The van der Waals surface area contributed by atoms with Gasteiger partial charge in [0, 0.05) is 29.1 Å². The van der Waals surface area contributed by atoms with Crippen LogP contribution in [-0.2, 0) is 0 Å². The summed E-state index contributed by atoms with van der Waals surface area (Å²) in [6.45, 7) is 1.81. The van der Waals surface area contributed by atoms with Crippen LogP contribution in [0.3, 0.4) is 0 Å². The van der Waals surface area contributed by atoms with E-state index in [0.29, 0.717) is 22.7 Å². The van der Waals surface area contributed by atoms with Crippen molar-refractivity contribution in [1.82, 2.24) is 5.32 Å². The van der Waals surface area contributed by atoms with Crippen molar-refractivity contribution in [2.24, 2.45) is 0 Å². The molecule has 10 nitrogen and oxygen atoms in total. The largest absolute Gasteiger partial charge is 0.459 e. The Morgan fingerprint density at radius 2 is 1.77 bits per heavy atom. The Morgan fingerprint density at radius 3 is 2.49 bits per heavy atom. The lowest BCUT2D eigenvalue weighted by atomic mass is 10.1. The number of nitro benzene ring substituents is 1. The molecule has 0 fully saturated rings. The molecule has 4 aromatic rings. The van der Waals surface area contributed by atoms with E-state index >= 15 is 0 Å². The van der Waals surface area contributed by atoms with Crippen molar-refractivity contribution in [1.29, 1.82) is 0 Å². The van der Waals surface area contributed by atoms with Gasteiger partial charge < -0.3 is 19.5 Å². The van der Waals surface area contributed by atoms with E-state index in [0.717, 1.165) is 5.56 Å². The van der Waals surface area contributed by atoms with Gasteiger partial charge in [0.15, 0.2) is 16.6 Å². The number of carbonyl (C=O) groups is 2. The summed E-state index contributed by atoms with van der Waals surface area (Å²) in [6.07, 6.45) is 1.42. The number of nitro groups is 1. The summed E-state index contributed by atoms with van der Waals surface area (Å²) in [5.74, 6) is -0.465. The molecular weight excluding hydrogens is 472 g/mol. The molecule has 176 valence electrons. The SMILES string of the molecule is Cc1cc(NC(=S)NC(=O)c2ccc(-c3cccc([N+](=O)[O-])c3)o2)ccc1NC(=O)c1ccco1. The number of carbonyl (C=O) groups excluding carboxylic acids is 2. The number of rotatable bonds is 6. The van der Waals surface area contributed by atoms with Crippen LogP contribution < -0.4 is 16.0 Å². The number of benzene rings is 2. The topological polar surface area (TPSA) is 140 Å². The number of non-ortho nitro benzene ring substituents is 1. The third-order valence-corrected chi connectivity index (χ3v) is 5.08. The van der Waals surface area contributed by atoms with Crippen molar-refractivity contribution in [2.45, 2.75) is 6.92 Å². The summed E-state index contributed by atoms with van der Waals surface area (Å²) in [7, 11) is 0. The second-order valence-electron chi connectivity index (χ2n) is 7.34. The van der Waals surface area contributed by atoms with Crippen LogP contribution in [0.4, 0.5) is 17.1 Å². The van der Waals surface area contributed by atoms with Crippen molar-refractivity contribution in [3.8, 4) is 11.3 Å². The fourth-order valence-corrected chi connectivity index (χ4v) is 3.40. The summed E-state index contributed by atoms with van der Waals surface area (Å²) >= 11 is 5.22. The zero-order chi connectivity index (χ0) is 24.9. The monoisotopic (exact) mass is 490 g/mol. The minimum Gasteiger partial charge on any atom is -0.459 e. The number of hydrogen-bond acceptors (Lipinski definition) is 7. The Morgan fingerprint density at radius 1 is 0.943 bits per heavy atom. The molecule has 0 saturated heterocycles. The van der Waals surface area contributed by atoms with Crippen LogP contribution in [0.15, 0.2) is 81.8 Å². The van der Waals surface area contributed by atoms with E-state index in [1.165, 1.54) is 30.5 Å². The highest BCUT2D eigenvalue weighted by atomic mass is 32.1. The Labute approximate surface area is 204 Å². The number of thiocarbonyl (C=S) groups is 1. The number of hydrogen-bond donors (Lipinski definition) is 3. The summed E-state index contributed by atoms with van der Waals surface area (Å²) in [5.41, 5.74) is 2.33. The summed E-state index contributed by atoms with van der Waals surface area (Å²) in [4.78, 5) is 35.1. The predicted molar refractivity (Wildman–Crippen MR) is 132 cm³/mol. The predicted octanol–water partition coefficient (Wildman–Crippen LogP) is 5.14. The molecular formula is C24H18N4O6S. The highest BCUT2D eigenvalue weighted by Gasteiger charge is 2.16. The van der Waals surface area contributed by atoms with Gasteiger partial charge >= 0.3 is 0 Å². The van der Waals surface area contributed by atoms with Gasteiger partial charge in [0.2, 0.25) is 0 Å². The lowest BCUT2D eigenvalue weighted by Crippen LogP contribution is -2.33.